The molecule has 80 valence electrons. The van der Waals surface area contributed by atoms with Gasteiger partial charge in [0.15, 0.2) is 0 Å². The highest BCUT2D eigenvalue weighted by atomic mass is 19.1. The lowest BCUT2D eigenvalue weighted by Gasteiger charge is -2.04. The van der Waals surface area contributed by atoms with Crippen LogP contribution in [0.2, 0.25) is 0 Å². The second-order valence-electron chi connectivity index (χ2n) is 3.47. The van der Waals surface area contributed by atoms with E-state index in [1.54, 1.807) is 18.3 Å². The first-order chi connectivity index (χ1) is 7.81. The second kappa shape index (κ2) is 4.71. The number of aromatic nitrogens is 1. The zero-order valence-electron chi connectivity index (χ0n) is 8.81. The van der Waals surface area contributed by atoms with Crippen LogP contribution in [0.4, 0.5) is 4.39 Å². The quantitative estimate of drug-likeness (QED) is 0.703. The molecule has 2 heteroatoms. The summed E-state index contributed by atoms with van der Waals surface area (Å²) in [6, 6.07) is 13.0. The van der Waals surface area contributed by atoms with Crippen LogP contribution in [0.1, 0.15) is 11.7 Å². The molecule has 0 aliphatic rings. The Balaban J connectivity index is 2.30. The SMILES string of the molecule is C=CC(F)c1ccc(-c2ccccn2)cc1. The molecule has 0 saturated heterocycles. The van der Waals surface area contributed by atoms with Gasteiger partial charge in [-0.1, -0.05) is 43.0 Å². The third-order valence-corrected chi connectivity index (χ3v) is 2.40. The number of allylic oxidation sites excluding steroid dienone is 1. The molecule has 0 amide bonds. The molecule has 1 nitrogen and oxygen atoms in total. The van der Waals surface area contributed by atoms with Crippen molar-refractivity contribution in [1.82, 2.24) is 4.98 Å². The Morgan fingerprint density at radius 1 is 1.12 bits per heavy atom. The summed E-state index contributed by atoms with van der Waals surface area (Å²) in [5, 5.41) is 0. The number of benzene rings is 1. The van der Waals surface area contributed by atoms with Gasteiger partial charge in [-0.25, -0.2) is 4.39 Å². The molecule has 0 spiro atoms. The summed E-state index contributed by atoms with van der Waals surface area (Å²) < 4.78 is 13.3. The lowest BCUT2D eigenvalue weighted by molar-refractivity contribution is 0.415. The first-order valence-electron chi connectivity index (χ1n) is 5.09. The molecular weight excluding hydrogens is 201 g/mol. The molecule has 1 unspecified atom stereocenters. The van der Waals surface area contributed by atoms with Gasteiger partial charge in [-0.15, -0.1) is 0 Å². The van der Waals surface area contributed by atoms with Gasteiger partial charge < -0.3 is 0 Å². The minimum absolute atomic E-state index is 0.620. The van der Waals surface area contributed by atoms with Gasteiger partial charge in [0, 0.05) is 11.8 Å². The van der Waals surface area contributed by atoms with Gasteiger partial charge in [-0.3, -0.25) is 4.98 Å². The van der Waals surface area contributed by atoms with Crippen molar-refractivity contribution in [2.45, 2.75) is 6.17 Å². The van der Waals surface area contributed by atoms with Gasteiger partial charge in [-0.2, -0.15) is 0 Å². The molecule has 0 fully saturated rings. The van der Waals surface area contributed by atoms with Crippen LogP contribution in [0, 0.1) is 0 Å². The molecule has 16 heavy (non-hydrogen) atoms. The minimum atomic E-state index is -1.10. The Bertz CT molecular complexity index is 462. The van der Waals surface area contributed by atoms with Crippen molar-refractivity contribution in [3.8, 4) is 11.3 Å². The van der Waals surface area contributed by atoms with E-state index in [1.165, 1.54) is 6.08 Å². The Hall–Kier alpha value is -1.96. The molecule has 0 radical (unpaired) electrons. The van der Waals surface area contributed by atoms with Gasteiger partial charge >= 0.3 is 0 Å². The molecule has 0 aliphatic carbocycles. The third kappa shape index (κ3) is 2.16. The van der Waals surface area contributed by atoms with Crippen LogP contribution in [0.5, 0.6) is 0 Å². The van der Waals surface area contributed by atoms with Crippen molar-refractivity contribution in [3.63, 3.8) is 0 Å². The molecule has 0 N–H and O–H groups in total. The first-order valence-corrected chi connectivity index (χ1v) is 5.09. The minimum Gasteiger partial charge on any atom is -0.256 e. The summed E-state index contributed by atoms with van der Waals surface area (Å²) in [5.74, 6) is 0. The first kappa shape index (κ1) is 10.6. The highest BCUT2D eigenvalue weighted by Crippen LogP contribution is 2.22. The van der Waals surface area contributed by atoms with E-state index in [1.807, 2.05) is 30.3 Å². The van der Waals surface area contributed by atoms with Crippen LogP contribution in [0.25, 0.3) is 11.3 Å². The Kier molecular flexibility index (Phi) is 3.10. The zero-order valence-corrected chi connectivity index (χ0v) is 8.81. The number of hydrogen-bond acceptors (Lipinski definition) is 1. The average Bonchev–Trinajstić information content (AvgIpc) is 2.39. The summed E-state index contributed by atoms with van der Waals surface area (Å²) in [7, 11) is 0. The molecule has 0 aliphatic heterocycles. The molecular formula is C14H12FN. The summed E-state index contributed by atoms with van der Waals surface area (Å²) in [4.78, 5) is 4.23. The molecule has 0 bridgehead atoms. The molecule has 1 atom stereocenters. The van der Waals surface area contributed by atoms with Crippen molar-refractivity contribution >= 4 is 0 Å². The van der Waals surface area contributed by atoms with Gasteiger partial charge in [0.05, 0.1) is 5.69 Å². The predicted molar refractivity (Wildman–Crippen MR) is 63.7 cm³/mol. The number of pyridine rings is 1. The standard InChI is InChI=1S/C14H12FN/c1-2-13(15)11-6-8-12(9-7-11)14-5-3-4-10-16-14/h2-10,13H,1H2. The largest absolute Gasteiger partial charge is 0.256 e. The van der Waals surface area contributed by atoms with Crippen molar-refractivity contribution in [2.24, 2.45) is 0 Å². The monoisotopic (exact) mass is 213 g/mol. The zero-order chi connectivity index (χ0) is 11.4. The van der Waals surface area contributed by atoms with Crippen molar-refractivity contribution < 1.29 is 4.39 Å². The van der Waals surface area contributed by atoms with E-state index in [9.17, 15) is 4.39 Å². The van der Waals surface area contributed by atoms with Crippen molar-refractivity contribution in [3.05, 3.63) is 66.9 Å². The fraction of sp³-hybridized carbons (Fsp3) is 0.0714. The number of alkyl halides is 1. The summed E-state index contributed by atoms with van der Waals surface area (Å²) >= 11 is 0. The maximum atomic E-state index is 13.3. The molecule has 0 saturated carbocycles. The Labute approximate surface area is 94.3 Å². The van der Waals surface area contributed by atoms with E-state index in [0.717, 1.165) is 11.3 Å². The Morgan fingerprint density at radius 3 is 2.44 bits per heavy atom. The van der Waals surface area contributed by atoms with E-state index in [-0.39, 0.29) is 0 Å². The topological polar surface area (TPSA) is 12.9 Å². The van der Waals surface area contributed by atoms with Crippen LogP contribution >= 0.6 is 0 Å². The smallest absolute Gasteiger partial charge is 0.143 e. The van der Waals surface area contributed by atoms with E-state index < -0.39 is 6.17 Å². The maximum absolute atomic E-state index is 13.3. The van der Waals surface area contributed by atoms with Crippen molar-refractivity contribution in [2.75, 3.05) is 0 Å². The average molecular weight is 213 g/mol. The maximum Gasteiger partial charge on any atom is 0.143 e. The van der Waals surface area contributed by atoms with E-state index in [2.05, 4.69) is 11.6 Å². The van der Waals surface area contributed by atoms with Crippen LogP contribution in [0.3, 0.4) is 0 Å². The van der Waals surface area contributed by atoms with E-state index >= 15 is 0 Å². The normalized spacial score (nSPS) is 12.1. The van der Waals surface area contributed by atoms with Crippen LogP contribution in [0.15, 0.2) is 61.3 Å². The fourth-order valence-corrected chi connectivity index (χ4v) is 1.51. The van der Waals surface area contributed by atoms with Crippen molar-refractivity contribution in [1.29, 1.82) is 0 Å². The summed E-state index contributed by atoms with van der Waals surface area (Å²) in [6.45, 7) is 3.43. The molecule has 2 rings (SSSR count). The van der Waals surface area contributed by atoms with Crippen LogP contribution in [-0.2, 0) is 0 Å². The lowest BCUT2D eigenvalue weighted by atomic mass is 10.1. The summed E-state index contributed by atoms with van der Waals surface area (Å²) in [6.07, 6.45) is 1.93. The van der Waals surface area contributed by atoms with Gasteiger partial charge in [0.2, 0.25) is 0 Å². The number of nitrogens with zero attached hydrogens (tertiary/aromatic N) is 1. The van der Waals surface area contributed by atoms with E-state index in [4.69, 9.17) is 0 Å². The summed E-state index contributed by atoms with van der Waals surface area (Å²) in [5.41, 5.74) is 2.50. The molecule has 1 aromatic carbocycles. The number of rotatable bonds is 3. The van der Waals surface area contributed by atoms with E-state index in [0.29, 0.717) is 5.56 Å². The van der Waals surface area contributed by atoms with Crippen LogP contribution < -0.4 is 0 Å². The molecule has 2 aromatic rings. The predicted octanol–water partition coefficient (Wildman–Crippen LogP) is 3.95. The highest BCUT2D eigenvalue weighted by Gasteiger charge is 2.04. The second-order valence-corrected chi connectivity index (χ2v) is 3.47. The van der Waals surface area contributed by atoms with Gasteiger partial charge in [0.1, 0.15) is 6.17 Å². The molecule has 1 aromatic heterocycles. The highest BCUT2D eigenvalue weighted by molar-refractivity contribution is 5.59. The third-order valence-electron chi connectivity index (χ3n) is 2.40. The lowest BCUT2D eigenvalue weighted by Crippen LogP contribution is -1.87. The number of hydrogen-bond donors (Lipinski definition) is 0. The molecule has 1 heterocycles. The van der Waals surface area contributed by atoms with Crippen LogP contribution in [-0.4, -0.2) is 4.98 Å². The fourth-order valence-electron chi connectivity index (χ4n) is 1.51. The Morgan fingerprint density at radius 2 is 1.88 bits per heavy atom. The van der Waals surface area contributed by atoms with Gasteiger partial charge in [-0.05, 0) is 17.7 Å². The van der Waals surface area contributed by atoms with Gasteiger partial charge in [0.25, 0.3) is 0 Å². The number of halogens is 1.